The van der Waals surface area contributed by atoms with Crippen LogP contribution in [-0.2, 0) is 0 Å². The minimum atomic E-state index is -0.129. The van der Waals surface area contributed by atoms with E-state index in [-0.39, 0.29) is 23.6 Å². The van der Waals surface area contributed by atoms with Crippen molar-refractivity contribution >= 4 is 0 Å². The normalized spacial score (nSPS) is 25.2. The van der Waals surface area contributed by atoms with Crippen molar-refractivity contribution in [2.45, 2.75) is 44.8 Å². The standard InChI is InChI=1S/C15H23NO3/c1-10(15-13(18)3-2-4-14(15)19)16-9-11-5-7-12(17)8-6-11/h2-4,10-12,16-19H,5-9H2,1H3. The third kappa shape index (κ3) is 3.61. The number of aliphatic hydroxyl groups is 1. The highest BCUT2D eigenvalue weighted by atomic mass is 16.3. The number of hydrogen-bond donors (Lipinski definition) is 4. The summed E-state index contributed by atoms with van der Waals surface area (Å²) in [5, 5.41) is 32.4. The van der Waals surface area contributed by atoms with Crippen LogP contribution in [0.4, 0.5) is 0 Å². The third-order valence-electron chi connectivity index (χ3n) is 4.02. The fourth-order valence-corrected chi connectivity index (χ4v) is 2.78. The molecule has 2 rings (SSSR count). The van der Waals surface area contributed by atoms with Gasteiger partial charge in [0.05, 0.1) is 11.7 Å². The third-order valence-corrected chi connectivity index (χ3v) is 4.02. The molecule has 0 aromatic heterocycles. The summed E-state index contributed by atoms with van der Waals surface area (Å²) < 4.78 is 0. The van der Waals surface area contributed by atoms with E-state index in [0.717, 1.165) is 32.2 Å². The van der Waals surface area contributed by atoms with E-state index in [1.165, 1.54) is 0 Å². The SMILES string of the molecule is CC(NCC1CCC(O)CC1)c1c(O)cccc1O. The van der Waals surface area contributed by atoms with Crippen LogP contribution in [0, 0.1) is 5.92 Å². The van der Waals surface area contributed by atoms with Crippen LogP contribution in [0.5, 0.6) is 11.5 Å². The minimum Gasteiger partial charge on any atom is -0.507 e. The summed E-state index contributed by atoms with van der Waals surface area (Å²) in [6.45, 7) is 2.79. The maximum atomic E-state index is 9.80. The fraction of sp³-hybridized carbons (Fsp3) is 0.600. The highest BCUT2D eigenvalue weighted by Crippen LogP contribution is 2.32. The highest BCUT2D eigenvalue weighted by Gasteiger charge is 2.21. The molecule has 1 aliphatic rings. The van der Waals surface area contributed by atoms with Crippen molar-refractivity contribution in [2.24, 2.45) is 5.92 Å². The molecular formula is C15H23NO3. The van der Waals surface area contributed by atoms with E-state index in [9.17, 15) is 15.3 Å². The Balaban J connectivity index is 1.89. The Bertz CT molecular complexity index is 394. The molecule has 1 saturated carbocycles. The van der Waals surface area contributed by atoms with Crippen LogP contribution in [-0.4, -0.2) is 28.0 Å². The van der Waals surface area contributed by atoms with Crippen LogP contribution in [0.25, 0.3) is 0 Å². The summed E-state index contributed by atoms with van der Waals surface area (Å²) in [7, 11) is 0. The van der Waals surface area contributed by atoms with Crippen molar-refractivity contribution in [1.29, 1.82) is 0 Å². The average Bonchev–Trinajstić information content (AvgIpc) is 2.38. The van der Waals surface area contributed by atoms with E-state index in [1.807, 2.05) is 6.92 Å². The molecule has 4 heteroatoms. The summed E-state index contributed by atoms with van der Waals surface area (Å²) >= 11 is 0. The van der Waals surface area contributed by atoms with Gasteiger partial charge in [-0.2, -0.15) is 0 Å². The van der Waals surface area contributed by atoms with Gasteiger partial charge in [-0.15, -0.1) is 0 Å². The molecule has 1 aromatic rings. The van der Waals surface area contributed by atoms with Crippen molar-refractivity contribution in [1.82, 2.24) is 5.32 Å². The molecule has 0 aliphatic heterocycles. The largest absolute Gasteiger partial charge is 0.507 e. The van der Waals surface area contributed by atoms with E-state index in [4.69, 9.17) is 0 Å². The second-order valence-electron chi connectivity index (χ2n) is 5.51. The Morgan fingerprint density at radius 1 is 1.16 bits per heavy atom. The topological polar surface area (TPSA) is 72.7 Å². The van der Waals surface area contributed by atoms with Crippen molar-refractivity contribution in [3.8, 4) is 11.5 Å². The molecule has 0 heterocycles. The van der Waals surface area contributed by atoms with E-state index >= 15 is 0 Å². The van der Waals surface area contributed by atoms with Gasteiger partial charge in [-0.3, -0.25) is 0 Å². The van der Waals surface area contributed by atoms with Gasteiger partial charge in [0.15, 0.2) is 0 Å². The van der Waals surface area contributed by atoms with Crippen LogP contribution < -0.4 is 5.32 Å². The number of hydrogen-bond acceptors (Lipinski definition) is 4. The van der Waals surface area contributed by atoms with Crippen LogP contribution in [0.2, 0.25) is 0 Å². The monoisotopic (exact) mass is 265 g/mol. The van der Waals surface area contributed by atoms with Gasteiger partial charge in [-0.05, 0) is 57.2 Å². The second kappa shape index (κ2) is 6.26. The van der Waals surface area contributed by atoms with Gasteiger partial charge >= 0.3 is 0 Å². The lowest BCUT2D eigenvalue weighted by Gasteiger charge is -2.27. The summed E-state index contributed by atoms with van der Waals surface area (Å²) in [4.78, 5) is 0. The van der Waals surface area contributed by atoms with Gasteiger partial charge < -0.3 is 20.6 Å². The number of nitrogens with one attached hydrogen (secondary N) is 1. The molecule has 0 radical (unpaired) electrons. The molecule has 1 unspecified atom stereocenters. The lowest BCUT2D eigenvalue weighted by molar-refractivity contribution is 0.107. The van der Waals surface area contributed by atoms with Crippen molar-refractivity contribution in [3.05, 3.63) is 23.8 Å². The first-order valence-electron chi connectivity index (χ1n) is 7.00. The number of phenolic OH excluding ortho intramolecular Hbond substituents is 2. The first-order chi connectivity index (χ1) is 9.08. The molecular weight excluding hydrogens is 242 g/mol. The molecule has 0 bridgehead atoms. The average molecular weight is 265 g/mol. The molecule has 0 amide bonds. The predicted molar refractivity (Wildman–Crippen MR) is 74.2 cm³/mol. The van der Waals surface area contributed by atoms with Crippen LogP contribution in [0.3, 0.4) is 0 Å². The van der Waals surface area contributed by atoms with E-state index < -0.39 is 0 Å². The lowest BCUT2D eigenvalue weighted by Crippen LogP contribution is -2.29. The van der Waals surface area contributed by atoms with Gasteiger partial charge in [0.2, 0.25) is 0 Å². The van der Waals surface area contributed by atoms with E-state index in [1.54, 1.807) is 18.2 Å². The summed E-state index contributed by atoms with van der Waals surface area (Å²) in [5.41, 5.74) is 0.554. The Morgan fingerprint density at radius 2 is 1.74 bits per heavy atom. The zero-order chi connectivity index (χ0) is 13.8. The molecule has 4 nitrogen and oxygen atoms in total. The summed E-state index contributed by atoms with van der Waals surface area (Å²) in [6.07, 6.45) is 3.70. The molecule has 1 atom stereocenters. The van der Waals surface area contributed by atoms with Crippen LogP contribution in [0.15, 0.2) is 18.2 Å². The minimum absolute atomic E-state index is 0.0898. The van der Waals surface area contributed by atoms with Crippen molar-refractivity contribution < 1.29 is 15.3 Å². The van der Waals surface area contributed by atoms with E-state index in [2.05, 4.69) is 5.32 Å². The van der Waals surface area contributed by atoms with Gasteiger partial charge in [-0.1, -0.05) is 6.07 Å². The maximum absolute atomic E-state index is 9.80. The summed E-state index contributed by atoms with van der Waals surface area (Å²) in [6, 6.07) is 4.71. The molecule has 0 saturated heterocycles. The predicted octanol–water partition coefficient (Wildman–Crippen LogP) is 2.30. The molecule has 19 heavy (non-hydrogen) atoms. The second-order valence-corrected chi connectivity index (χ2v) is 5.51. The van der Waals surface area contributed by atoms with E-state index in [0.29, 0.717) is 11.5 Å². The zero-order valence-electron chi connectivity index (χ0n) is 11.3. The molecule has 106 valence electrons. The maximum Gasteiger partial charge on any atom is 0.124 e. The van der Waals surface area contributed by atoms with Gasteiger partial charge in [0.25, 0.3) is 0 Å². The summed E-state index contributed by atoms with van der Waals surface area (Å²) in [5.74, 6) is 0.817. The highest BCUT2D eigenvalue weighted by molar-refractivity contribution is 5.44. The molecule has 4 N–H and O–H groups in total. The number of benzene rings is 1. The first-order valence-corrected chi connectivity index (χ1v) is 7.00. The lowest BCUT2D eigenvalue weighted by atomic mass is 9.87. The Hall–Kier alpha value is -1.26. The van der Waals surface area contributed by atoms with Crippen molar-refractivity contribution in [3.63, 3.8) is 0 Å². The molecule has 0 spiro atoms. The quantitative estimate of drug-likeness (QED) is 0.674. The van der Waals surface area contributed by atoms with Crippen molar-refractivity contribution in [2.75, 3.05) is 6.54 Å². The first kappa shape index (κ1) is 14.2. The van der Waals surface area contributed by atoms with Gasteiger partial charge in [-0.25, -0.2) is 0 Å². The Kier molecular flexibility index (Phi) is 4.66. The molecule has 1 fully saturated rings. The zero-order valence-corrected chi connectivity index (χ0v) is 11.3. The Morgan fingerprint density at radius 3 is 2.32 bits per heavy atom. The Labute approximate surface area is 114 Å². The smallest absolute Gasteiger partial charge is 0.124 e. The molecule has 1 aromatic carbocycles. The number of aromatic hydroxyl groups is 2. The molecule has 1 aliphatic carbocycles. The van der Waals surface area contributed by atoms with Crippen LogP contribution >= 0.6 is 0 Å². The van der Waals surface area contributed by atoms with Crippen LogP contribution in [0.1, 0.15) is 44.2 Å². The fourth-order valence-electron chi connectivity index (χ4n) is 2.78. The number of aliphatic hydroxyl groups excluding tert-OH is 1. The van der Waals surface area contributed by atoms with Gasteiger partial charge in [0.1, 0.15) is 11.5 Å². The number of rotatable bonds is 4. The number of phenols is 2. The van der Waals surface area contributed by atoms with Gasteiger partial charge in [0, 0.05) is 6.04 Å².